The fraction of sp³-hybridized carbons (Fsp3) is 0.0833. The Morgan fingerprint density at radius 2 is 1.68 bits per heavy atom. The third-order valence-corrected chi connectivity index (χ3v) is 4.96. The SMILES string of the molecule is CN(CC(N)=O)C(=O)c1ccc(-n2nc(-c3ccc([C+]=O)cc3)c3ccccc32)cc1. The first kappa shape index (κ1) is 19.9. The number of para-hydroxylation sites is 1. The maximum Gasteiger partial charge on any atom is 0.303 e. The van der Waals surface area contributed by atoms with Gasteiger partial charge in [0.2, 0.25) is 11.5 Å². The molecule has 4 aromatic rings. The van der Waals surface area contributed by atoms with Crippen LogP contribution in [0.5, 0.6) is 0 Å². The van der Waals surface area contributed by atoms with Gasteiger partial charge in [-0.2, -0.15) is 5.10 Å². The Hall–Kier alpha value is -4.35. The van der Waals surface area contributed by atoms with Crippen molar-refractivity contribution in [3.63, 3.8) is 0 Å². The van der Waals surface area contributed by atoms with E-state index >= 15 is 0 Å². The van der Waals surface area contributed by atoms with Crippen LogP contribution in [0.4, 0.5) is 0 Å². The molecule has 152 valence electrons. The first-order valence-electron chi connectivity index (χ1n) is 9.58. The number of hydrogen-bond acceptors (Lipinski definition) is 4. The molecular formula is C24H19N4O3+. The Morgan fingerprint density at radius 3 is 2.32 bits per heavy atom. The highest BCUT2D eigenvalue weighted by atomic mass is 16.2. The minimum Gasteiger partial charge on any atom is -0.368 e. The number of aromatic nitrogens is 2. The Balaban J connectivity index is 1.72. The van der Waals surface area contributed by atoms with Crippen LogP contribution in [0.1, 0.15) is 15.9 Å². The predicted molar refractivity (Wildman–Crippen MR) is 117 cm³/mol. The van der Waals surface area contributed by atoms with E-state index in [1.54, 1.807) is 36.4 Å². The predicted octanol–water partition coefficient (Wildman–Crippen LogP) is 2.71. The molecule has 0 saturated carbocycles. The molecule has 3 aromatic carbocycles. The fourth-order valence-corrected chi connectivity index (χ4v) is 3.44. The van der Waals surface area contributed by atoms with E-state index in [0.29, 0.717) is 11.1 Å². The van der Waals surface area contributed by atoms with Gasteiger partial charge in [-0.15, -0.1) is 4.79 Å². The highest BCUT2D eigenvalue weighted by Crippen LogP contribution is 2.30. The molecule has 0 radical (unpaired) electrons. The van der Waals surface area contributed by atoms with Crippen LogP contribution in [-0.4, -0.2) is 46.4 Å². The summed E-state index contributed by atoms with van der Waals surface area (Å²) in [6.07, 6.45) is 1.87. The monoisotopic (exact) mass is 411 g/mol. The zero-order chi connectivity index (χ0) is 22.0. The summed E-state index contributed by atoms with van der Waals surface area (Å²) in [5.41, 5.74) is 9.46. The number of amides is 2. The van der Waals surface area contributed by atoms with Crippen molar-refractivity contribution < 1.29 is 14.4 Å². The molecule has 0 atom stereocenters. The van der Waals surface area contributed by atoms with Crippen LogP contribution in [0.25, 0.3) is 27.8 Å². The highest BCUT2D eigenvalue weighted by Gasteiger charge is 2.17. The van der Waals surface area contributed by atoms with Gasteiger partial charge in [-0.05, 0) is 30.3 Å². The van der Waals surface area contributed by atoms with E-state index in [-0.39, 0.29) is 12.5 Å². The maximum absolute atomic E-state index is 12.5. The smallest absolute Gasteiger partial charge is 0.303 e. The van der Waals surface area contributed by atoms with Gasteiger partial charge in [-0.3, -0.25) is 9.59 Å². The van der Waals surface area contributed by atoms with Crippen molar-refractivity contribution in [1.29, 1.82) is 0 Å². The Bertz CT molecular complexity index is 1270. The second-order valence-corrected chi connectivity index (χ2v) is 7.13. The lowest BCUT2D eigenvalue weighted by atomic mass is 10.1. The van der Waals surface area contributed by atoms with Crippen LogP contribution in [-0.2, 0) is 9.59 Å². The first-order valence-corrected chi connectivity index (χ1v) is 9.58. The van der Waals surface area contributed by atoms with E-state index in [0.717, 1.165) is 27.8 Å². The molecule has 7 nitrogen and oxygen atoms in total. The summed E-state index contributed by atoms with van der Waals surface area (Å²) >= 11 is 0. The summed E-state index contributed by atoms with van der Waals surface area (Å²) in [6.45, 7) is -0.144. The number of primary amides is 1. The Morgan fingerprint density at radius 1 is 1.00 bits per heavy atom. The standard InChI is InChI=1S/C24H18N4O3/c1-27(14-22(25)30)24(31)18-10-12-19(13-11-18)28-21-5-3-2-4-20(21)23(26-28)17-8-6-16(15-29)7-9-17/h2-13H,14H2,1H3,(H-,25,30)/p+1. The van der Waals surface area contributed by atoms with E-state index in [4.69, 9.17) is 10.8 Å². The summed E-state index contributed by atoms with van der Waals surface area (Å²) in [6, 6.07) is 21.9. The third-order valence-electron chi connectivity index (χ3n) is 4.96. The van der Waals surface area contributed by atoms with Crippen LogP contribution in [0.3, 0.4) is 0 Å². The number of carbonyl (C=O) groups excluding carboxylic acids is 3. The molecule has 4 rings (SSSR count). The summed E-state index contributed by atoms with van der Waals surface area (Å²) in [5.74, 6) is -0.856. The molecule has 0 spiro atoms. The summed E-state index contributed by atoms with van der Waals surface area (Å²) in [4.78, 5) is 35.6. The molecule has 0 aliphatic heterocycles. The molecule has 2 N–H and O–H groups in total. The average Bonchev–Trinajstić information content (AvgIpc) is 3.18. The molecule has 0 aliphatic carbocycles. The van der Waals surface area contributed by atoms with Gasteiger partial charge < -0.3 is 10.6 Å². The maximum atomic E-state index is 12.5. The second-order valence-electron chi connectivity index (χ2n) is 7.13. The topological polar surface area (TPSA) is 98.3 Å². The number of nitrogens with two attached hydrogens (primary N) is 1. The van der Waals surface area contributed by atoms with Gasteiger partial charge >= 0.3 is 6.29 Å². The number of benzene rings is 3. The van der Waals surface area contributed by atoms with Crippen LogP contribution in [0.15, 0.2) is 72.8 Å². The number of likely N-dealkylation sites (N-methyl/N-ethyl adjacent to an activating group) is 1. The molecule has 31 heavy (non-hydrogen) atoms. The highest BCUT2D eigenvalue weighted by molar-refractivity contribution is 5.97. The van der Waals surface area contributed by atoms with Crippen LogP contribution < -0.4 is 5.73 Å². The van der Waals surface area contributed by atoms with Gasteiger partial charge in [0.25, 0.3) is 5.91 Å². The summed E-state index contributed by atoms with van der Waals surface area (Å²) in [5, 5.41) is 5.76. The van der Waals surface area contributed by atoms with Crippen molar-refractivity contribution in [2.75, 3.05) is 13.6 Å². The zero-order valence-corrected chi connectivity index (χ0v) is 16.8. The largest absolute Gasteiger partial charge is 0.368 e. The Labute approximate surface area is 178 Å². The van der Waals surface area contributed by atoms with E-state index in [2.05, 4.69) is 0 Å². The van der Waals surface area contributed by atoms with Gasteiger partial charge in [0.05, 0.1) is 29.9 Å². The molecule has 0 bridgehead atoms. The number of hydrogen-bond donors (Lipinski definition) is 1. The van der Waals surface area contributed by atoms with E-state index in [1.807, 2.05) is 47.4 Å². The van der Waals surface area contributed by atoms with E-state index < -0.39 is 5.91 Å². The fourth-order valence-electron chi connectivity index (χ4n) is 3.44. The lowest BCUT2D eigenvalue weighted by Crippen LogP contribution is -2.35. The molecule has 7 heteroatoms. The lowest BCUT2D eigenvalue weighted by molar-refractivity contribution is -0.118. The van der Waals surface area contributed by atoms with Crippen LogP contribution in [0.2, 0.25) is 0 Å². The summed E-state index contributed by atoms with van der Waals surface area (Å²) < 4.78 is 1.81. The number of rotatable bonds is 6. The molecule has 1 heterocycles. The molecular weight excluding hydrogens is 392 g/mol. The third kappa shape index (κ3) is 3.90. The minimum absolute atomic E-state index is 0.144. The van der Waals surface area contributed by atoms with Crippen molar-refractivity contribution >= 4 is 29.0 Å². The molecule has 2 amide bonds. The van der Waals surface area contributed by atoms with Gasteiger partial charge in [-0.25, -0.2) is 4.68 Å². The molecule has 1 aromatic heterocycles. The Kier molecular flexibility index (Phi) is 5.26. The second kappa shape index (κ2) is 8.18. The normalized spacial score (nSPS) is 10.6. The van der Waals surface area contributed by atoms with Gasteiger partial charge in [0.15, 0.2) is 0 Å². The summed E-state index contributed by atoms with van der Waals surface area (Å²) in [7, 11) is 1.53. The number of carbonyl (C=O) groups is 2. The van der Waals surface area contributed by atoms with Crippen molar-refractivity contribution in [3.8, 4) is 16.9 Å². The quantitative estimate of drug-likeness (QED) is 0.493. The minimum atomic E-state index is -0.568. The molecule has 0 aliphatic rings. The van der Waals surface area contributed by atoms with Crippen LogP contribution in [0, 0.1) is 0 Å². The van der Waals surface area contributed by atoms with E-state index in [1.165, 1.54) is 11.9 Å². The van der Waals surface area contributed by atoms with Crippen molar-refractivity contribution in [1.82, 2.24) is 14.7 Å². The van der Waals surface area contributed by atoms with Gasteiger partial charge in [0, 0.05) is 35.7 Å². The number of nitrogens with zero attached hydrogens (tertiary/aromatic N) is 3. The van der Waals surface area contributed by atoms with Gasteiger partial charge in [-0.1, -0.05) is 18.2 Å². The molecule has 0 saturated heterocycles. The molecule has 0 unspecified atom stereocenters. The average molecular weight is 411 g/mol. The van der Waals surface area contributed by atoms with E-state index in [9.17, 15) is 14.4 Å². The van der Waals surface area contributed by atoms with Crippen molar-refractivity contribution in [2.45, 2.75) is 0 Å². The van der Waals surface area contributed by atoms with Gasteiger partial charge in [0.1, 0.15) is 5.69 Å². The first-order chi connectivity index (χ1) is 15.0. The zero-order valence-electron chi connectivity index (χ0n) is 16.8. The van der Waals surface area contributed by atoms with Crippen LogP contribution >= 0.6 is 0 Å². The molecule has 0 fully saturated rings. The number of fused-ring (bicyclic) bond motifs is 1. The van der Waals surface area contributed by atoms with Crippen molar-refractivity contribution in [2.24, 2.45) is 5.73 Å². The lowest BCUT2D eigenvalue weighted by Gasteiger charge is -2.15. The van der Waals surface area contributed by atoms with Crippen molar-refractivity contribution in [3.05, 3.63) is 83.9 Å².